The van der Waals surface area contributed by atoms with E-state index < -0.39 is 6.10 Å². The van der Waals surface area contributed by atoms with Gasteiger partial charge in [-0.2, -0.15) is 9.97 Å². The van der Waals surface area contributed by atoms with Crippen molar-refractivity contribution in [2.45, 2.75) is 92.6 Å². The second-order valence-corrected chi connectivity index (χ2v) is 15.3. The maximum atomic E-state index is 14.1. The summed E-state index contributed by atoms with van der Waals surface area (Å²) in [5.74, 6) is 4.48. The minimum absolute atomic E-state index is 0. The Morgan fingerprint density at radius 1 is 0.938 bits per heavy atom. The van der Waals surface area contributed by atoms with E-state index in [9.17, 15) is 14.7 Å². The standard InChI is InChI=1S/C37H58N6O3.2ClH/c1-7-41(8-2)32-22-33(39-35(38-32)42(9-3)10-4)43-19-17-40(18-20-43)24-31(46)29-14-13-28-27-12-11-25-21-26(44)15-16-36(25,5)34(27)30(45)23-37(28,29)6;;/h21-22,27-30,34,45H,7-20,23-24H2,1-6H3;2*1H/t27-,28-,29+,30+,34+,36-,37-;;/m0../s1. The van der Waals surface area contributed by atoms with E-state index in [0.29, 0.717) is 37.0 Å². The summed E-state index contributed by atoms with van der Waals surface area (Å²) in [5.41, 5.74) is 1.04. The third kappa shape index (κ3) is 6.87. The summed E-state index contributed by atoms with van der Waals surface area (Å²) in [6.45, 7) is 20.6. The normalized spacial score (nSPS) is 33.0. The highest BCUT2D eigenvalue weighted by atomic mass is 35.5. The van der Waals surface area contributed by atoms with Crippen LogP contribution in [0.1, 0.15) is 86.5 Å². The van der Waals surface area contributed by atoms with Gasteiger partial charge in [0.1, 0.15) is 17.4 Å². The average molecular weight is 708 g/mol. The number of aliphatic hydroxyl groups is 1. The molecule has 1 aromatic rings. The number of hydrogen-bond acceptors (Lipinski definition) is 9. The Labute approximate surface area is 301 Å². The first kappa shape index (κ1) is 38.9. The number of fused-ring (bicyclic) bond motifs is 5. The molecule has 0 aromatic carbocycles. The molecule has 1 aromatic heterocycles. The molecule has 11 heteroatoms. The van der Waals surface area contributed by atoms with Crippen LogP contribution in [0.4, 0.5) is 17.6 Å². The smallest absolute Gasteiger partial charge is 0.229 e. The quantitative estimate of drug-likeness (QED) is 0.323. The molecule has 4 fully saturated rings. The first-order valence-corrected chi connectivity index (χ1v) is 18.4. The van der Waals surface area contributed by atoms with E-state index in [-0.39, 0.29) is 53.3 Å². The molecule has 270 valence electrons. The summed E-state index contributed by atoms with van der Waals surface area (Å²) in [6.07, 6.45) is 7.67. The number of nitrogens with zero attached hydrogens (tertiary/aromatic N) is 6. The van der Waals surface area contributed by atoms with Gasteiger partial charge < -0.3 is 19.8 Å². The van der Waals surface area contributed by atoms with Crippen LogP contribution in [0.3, 0.4) is 0 Å². The number of anilines is 3. The van der Waals surface area contributed by atoms with Gasteiger partial charge in [-0.15, -0.1) is 24.8 Å². The Hall–Kier alpha value is -1.94. The third-order valence-electron chi connectivity index (χ3n) is 13.2. The van der Waals surface area contributed by atoms with Gasteiger partial charge in [-0.3, -0.25) is 14.5 Å². The van der Waals surface area contributed by atoms with E-state index in [1.165, 1.54) is 5.57 Å². The minimum Gasteiger partial charge on any atom is -0.393 e. The lowest BCUT2D eigenvalue weighted by atomic mass is 9.46. The molecule has 1 N–H and O–H groups in total. The SMILES string of the molecule is CCN(CC)c1cc(N2CCN(CC(=O)[C@H]3CC[C@H]4[C@@H]5CCC6=CC(=O)CC[C@]6(C)[C@H]5[C@H](O)C[C@]34C)CC2)nc(N(CC)CC)n1.Cl.Cl. The lowest BCUT2D eigenvalue weighted by Crippen LogP contribution is -2.57. The summed E-state index contributed by atoms with van der Waals surface area (Å²) in [6, 6.07) is 2.14. The number of aliphatic hydroxyl groups excluding tert-OH is 1. The van der Waals surface area contributed by atoms with Gasteiger partial charge in [-0.1, -0.05) is 19.4 Å². The van der Waals surface area contributed by atoms with Gasteiger partial charge in [-0.05, 0) is 101 Å². The van der Waals surface area contributed by atoms with E-state index in [4.69, 9.17) is 9.97 Å². The van der Waals surface area contributed by atoms with Crippen molar-refractivity contribution in [2.75, 3.05) is 73.6 Å². The molecule has 9 nitrogen and oxygen atoms in total. The highest BCUT2D eigenvalue weighted by molar-refractivity contribution is 5.91. The lowest BCUT2D eigenvalue weighted by molar-refractivity contribution is -0.145. The van der Waals surface area contributed by atoms with Gasteiger partial charge in [0.25, 0.3) is 0 Å². The summed E-state index contributed by atoms with van der Waals surface area (Å²) < 4.78 is 0. The molecule has 0 bridgehead atoms. The van der Waals surface area contributed by atoms with Crippen molar-refractivity contribution in [2.24, 2.45) is 34.5 Å². The van der Waals surface area contributed by atoms with E-state index >= 15 is 0 Å². The first-order chi connectivity index (χ1) is 22.1. The number of rotatable bonds is 10. The van der Waals surface area contributed by atoms with Crippen molar-refractivity contribution < 1.29 is 14.7 Å². The van der Waals surface area contributed by atoms with Crippen molar-refractivity contribution in [1.29, 1.82) is 0 Å². The number of Topliss-reactive ketones (excluding diaryl/α,β-unsaturated/α-hetero) is 1. The van der Waals surface area contributed by atoms with Crippen LogP contribution in [-0.2, 0) is 9.59 Å². The lowest BCUT2D eigenvalue weighted by Gasteiger charge is -2.59. The molecule has 0 spiro atoms. The van der Waals surface area contributed by atoms with Crippen LogP contribution in [0, 0.1) is 34.5 Å². The molecule has 5 aliphatic rings. The molecule has 0 amide bonds. The van der Waals surface area contributed by atoms with Crippen LogP contribution in [-0.4, -0.2) is 96.5 Å². The third-order valence-corrected chi connectivity index (χ3v) is 13.2. The summed E-state index contributed by atoms with van der Waals surface area (Å²) in [7, 11) is 0. The fourth-order valence-electron chi connectivity index (χ4n) is 10.6. The Kier molecular flexibility index (Phi) is 12.6. The van der Waals surface area contributed by atoms with Crippen molar-refractivity contribution >= 4 is 54.0 Å². The largest absolute Gasteiger partial charge is 0.393 e. The van der Waals surface area contributed by atoms with Gasteiger partial charge >= 0.3 is 0 Å². The summed E-state index contributed by atoms with van der Waals surface area (Å²) >= 11 is 0. The van der Waals surface area contributed by atoms with Crippen LogP contribution >= 0.6 is 24.8 Å². The Bertz CT molecular complexity index is 1300. The second kappa shape index (κ2) is 15.5. The second-order valence-electron chi connectivity index (χ2n) is 15.3. The highest BCUT2D eigenvalue weighted by Crippen LogP contribution is 2.66. The maximum Gasteiger partial charge on any atom is 0.229 e. The Morgan fingerprint density at radius 2 is 1.60 bits per heavy atom. The highest BCUT2D eigenvalue weighted by Gasteiger charge is 2.62. The average Bonchev–Trinajstić information content (AvgIpc) is 3.39. The number of carbonyl (C=O) groups excluding carboxylic acids is 2. The molecule has 3 saturated carbocycles. The molecule has 1 saturated heterocycles. The number of hydrogen-bond donors (Lipinski definition) is 1. The molecule has 6 rings (SSSR count). The molecule has 4 aliphatic carbocycles. The molecule has 7 atom stereocenters. The zero-order valence-electron chi connectivity index (χ0n) is 30.1. The van der Waals surface area contributed by atoms with Crippen LogP contribution in [0.2, 0.25) is 0 Å². The number of aromatic nitrogens is 2. The molecular formula is C37H60Cl2N6O3. The monoisotopic (exact) mass is 706 g/mol. The fraction of sp³-hybridized carbons (Fsp3) is 0.784. The van der Waals surface area contributed by atoms with Crippen molar-refractivity contribution in [3.8, 4) is 0 Å². The summed E-state index contributed by atoms with van der Waals surface area (Å²) in [4.78, 5) is 45.5. The van der Waals surface area contributed by atoms with E-state index in [1.54, 1.807) is 0 Å². The van der Waals surface area contributed by atoms with Crippen molar-refractivity contribution in [1.82, 2.24) is 14.9 Å². The summed E-state index contributed by atoms with van der Waals surface area (Å²) in [5, 5.41) is 11.8. The first-order valence-electron chi connectivity index (χ1n) is 18.4. The number of ketones is 2. The van der Waals surface area contributed by atoms with Crippen LogP contribution in [0.15, 0.2) is 17.7 Å². The van der Waals surface area contributed by atoms with Gasteiger partial charge in [0.2, 0.25) is 5.95 Å². The minimum atomic E-state index is -0.416. The topological polar surface area (TPSA) is 93.1 Å². The van der Waals surface area contributed by atoms with Crippen LogP contribution in [0.25, 0.3) is 0 Å². The van der Waals surface area contributed by atoms with Crippen molar-refractivity contribution in [3.63, 3.8) is 0 Å². The maximum absolute atomic E-state index is 14.1. The van der Waals surface area contributed by atoms with E-state index in [1.807, 2.05) is 6.08 Å². The molecule has 2 heterocycles. The van der Waals surface area contributed by atoms with Gasteiger partial charge in [0.15, 0.2) is 5.78 Å². The predicted octanol–water partition coefficient (Wildman–Crippen LogP) is 5.82. The zero-order valence-corrected chi connectivity index (χ0v) is 31.8. The molecule has 1 aliphatic heterocycles. The van der Waals surface area contributed by atoms with Gasteiger partial charge in [0, 0.05) is 70.8 Å². The van der Waals surface area contributed by atoms with Crippen molar-refractivity contribution in [3.05, 3.63) is 17.7 Å². The number of piperazine rings is 1. The van der Waals surface area contributed by atoms with E-state index in [0.717, 1.165) is 102 Å². The molecular weight excluding hydrogens is 647 g/mol. The van der Waals surface area contributed by atoms with Gasteiger partial charge in [0.05, 0.1) is 12.6 Å². The Morgan fingerprint density at radius 3 is 2.25 bits per heavy atom. The number of allylic oxidation sites excluding steroid dienone is 1. The molecule has 0 radical (unpaired) electrons. The number of carbonyl (C=O) groups is 2. The van der Waals surface area contributed by atoms with Crippen LogP contribution in [0.5, 0.6) is 0 Å². The van der Waals surface area contributed by atoms with E-state index in [2.05, 4.69) is 67.2 Å². The fourth-order valence-corrected chi connectivity index (χ4v) is 10.6. The number of halogens is 2. The zero-order chi connectivity index (χ0) is 32.8. The van der Waals surface area contributed by atoms with Crippen LogP contribution < -0.4 is 14.7 Å². The molecule has 0 unspecified atom stereocenters. The molecule has 48 heavy (non-hydrogen) atoms. The van der Waals surface area contributed by atoms with Gasteiger partial charge in [-0.25, -0.2) is 0 Å². The predicted molar refractivity (Wildman–Crippen MR) is 199 cm³/mol. The Balaban J connectivity index is 0.00000260.